The number of hydrogen-bond acceptors (Lipinski definition) is 1. The number of halogens is 1. The van der Waals surface area contributed by atoms with Gasteiger partial charge in [0.1, 0.15) is 0 Å². The van der Waals surface area contributed by atoms with E-state index >= 15 is 0 Å². The predicted octanol–water partition coefficient (Wildman–Crippen LogP) is 7.30. The molecule has 0 spiro atoms. The number of rotatable bonds is 7. The minimum Gasteiger partial charge on any atom is -0.294 e. The summed E-state index contributed by atoms with van der Waals surface area (Å²) in [5.41, 5.74) is 3.21. The predicted molar refractivity (Wildman–Crippen MR) is 109 cm³/mol. The summed E-state index contributed by atoms with van der Waals surface area (Å²) in [7, 11) is 0. The molecule has 0 radical (unpaired) electrons. The Kier molecular flexibility index (Phi) is 6.47. The van der Waals surface area contributed by atoms with E-state index in [-0.39, 0.29) is 5.92 Å². The highest BCUT2D eigenvalue weighted by Crippen LogP contribution is 2.36. The van der Waals surface area contributed by atoms with E-state index in [0.29, 0.717) is 5.78 Å². The van der Waals surface area contributed by atoms with Crippen LogP contribution in [0.2, 0.25) is 0 Å². The molecule has 0 heterocycles. The molecular weight excluding hydrogens is 372 g/mol. The molecule has 0 bridgehead atoms. The summed E-state index contributed by atoms with van der Waals surface area (Å²) in [4.78, 5) is 12.8. The lowest BCUT2D eigenvalue weighted by molar-refractivity contribution is 0.0919. The summed E-state index contributed by atoms with van der Waals surface area (Å²) in [6.45, 7) is 2.25. The zero-order valence-electron chi connectivity index (χ0n) is 15.0. The topological polar surface area (TPSA) is 17.1 Å². The van der Waals surface area contributed by atoms with Crippen molar-refractivity contribution in [3.8, 4) is 11.1 Å². The van der Waals surface area contributed by atoms with Crippen LogP contribution in [0.4, 0.5) is 0 Å². The molecule has 0 aromatic heterocycles. The first-order valence-electron chi connectivity index (χ1n) is 9.57. The minimum atomic E-state index is 0.241. The fourth-order valence-electron chi connectivity index (χ4n) is 3.96. The number of unbranched alkanes of at least 4 members (excludes halogenated alkanes) is 2. The van der Waals surface area contributed by atoms with Crippen molar-refractivity contribution in [3.63, 3.8) is 0 Å². The zero-order chi connectivity index (χ0) is 17.6. The van der Waals surface area contributed by atoms with Crippen LogP contribution in [0.25, 0.3) is 11.1 Å². The Bertz CT molecular complexity index is 687. The second-order valence-corrected chi connectivity index (χ2v) is 8.24. The number of carbonyl (C=O) groups is 1. The third kappa shape index (κ3) is 4.82. The molecule has 1 fully saturated rings. The summed E-state index contributed by atoms with van der Waals surface area (Å²) in [6, 6.07) is 16.4. The summed E-state index contributed by atoms with van der Waals surface area (Å²) >= 11 is 3.47. The number of hydrogen-bond donors (Lipinski definition) is 0. The van der Waals surface area contributed by atoms with Crippen LogP contribution in [0.15, 0.2) is 53.0 Å². The third-order valence-electron chi connectivity index (χ3n) is 5.47. The molecule has 2 heteroatoms. The van der Waals surface area contributed by atoms with Gasteiger partial charge in [-0.05, 0) is 48.4 Å². The van der Waals surface area contributed by atoms with Crippen LogP contribution in [0.5, 0.6) is 0 Å². The lowest BCUT2D eigenvalue weighted by Gasteiger charge is -2.11. The molecular formula is C23H27BrO. The van der Waals surface area contributed by atoms with Crippen LogP contribution in [0.3, 0.4) is 0 Å². The Morgan fingerprint density at radius 3 is 2.24 bits per heavy atom. The van der Waals surface area contributed by atoms with Crippen LogP contribution in [-0.4, -0.2) is 5.78 Å². The molecule has 132 valence electrons. The standard InChI is InChI=1S/C23H27BrO/c1-2-3-4-5-17-6-7-21(16-17)23(25)20-10-8-18(9-11-20)19-12-14-22(24)15-13-19/h8-15,17,21H,2-7,16H2,1H3. The molecule has 1 nitrogen and oxygen atoms in total. The monoisotopic (exact) mass is 398 g/mol. The highest BCUT2D eigenvalue weighted by molar-refractivity contribution is 9.10. The van der Waals surface area contributed by atoms with Crippen molar-refractivity contribution >= 4 is 21.7 Å². The van der Waals surface area contributed by atoms with Gasteiger partial charge in [-0.25, -0.2) is 0 Å². The van der Waals surface area contributed by atoms with Gasteiger partial charge in [0.25, 0.3) is 0 Å². The maximum atomic E-state index is 12.8. The van der Waals surface area contributed by atoms with Crippen LogP contribution in [0, 0.1) is 11.8 Å². The van der Waals surface area contributed by atoms with Gasteiger partial charge in [0.2, 0.25) is 0 Å². The SMILES string of the molecule is CCCCCC1CCC(C(=O)c2ccc(-c3ccc(Br)cc3)cc2)C1. The molecule has 2 atom stereocenters. The fourth-order valence-corrected chi connectivity index (χ4v) is 4.23. The Morgan fingerprint density at radius 2 is 1.60 bits per heavy atom. The van der Waals surface area contributed by atoms with Gasteiger partial charge in [-0.2, -0.15) is 0 Å². The second kappa shape index (κ2) is 8.80. The van der Waals surface area contributed by atoms with Gasteiger partial charge in [-0.3, -0.25) is 4.79 Å². The van der Waals surface area contributed by atoms with Crippen LogP contribution >= 0.6 is 15.9 Å². The quantitative estimate of drug-likeness (QED) is 0.353. The van der Waals surface area contributed by atoms with Gasteiger partial charge >= 0.3 is 0 Å². The van der Waals surface area contributed by atoms with E-state index < -0.39 is 0 Å². The van der Waals surface area contributed by atoms with Crippen molar-refractivity contribution in [2.75, 3.05) is 0 Å². The van der Waals surface area contributed by atoms with Crippen LogP contribution in [0.1, 0.15) is 62.2 Å². The van der Waals surface area contributed by atoms with Crippen LogP contribution in [-0.2, 0) is 0 Å². The van der Waals surface area contributed by atoms with Gasteiger partial charge in [-0.15, -0.1) is 0 Å². The summed E-state index contributed by atoms with van der Waals surface area (Å²) < 4.78 is 1.08. The highest BCUT2D eigenvalue weighted by atomic mass is 79.9. The van der Waals surface area contributed by atoms with E-state index in [9.17, 15) is 4.79 Å². The third-order valence-corrected chi connectivity index (χ3v) is 6.00. The smallest absolute Gasteiger partial charge is 0.165 e. The number of carbonyl (C=O) groups excluding carboxylic acids is 1. The molecule has 0 N–H and O–H groups in total. The maximum Gasteiger partial charge on any atom is 0.165 e. The van der Waals surface area contributed by atoms with Gasteiger partial charge in [0.15, 0.2) is 5.78 Å². The van der Waals surface area contributed by atoms with Crippen molar-refractivity contribution in [3.05, 3.63) is 58.6 Å². The van der Waals surface area contributed by atoms with E-state index in [1.165, 1.54) is 37.7 Å². The van der Waals surface area contributed by atoms with Crippen molar-refractivity contribution in [1.29, 1.82) is 0 Å². The van der Waals surface area contributed by atoms with Gasteiger partial charge in [0.05, 0.1) is 0 Å². The Labute approximate surface area is 160 Å². The molecule has 1 aliphatic carbocycles. The van der Waals surface area contributed by atoms with E-state index in [1.54, 1.807) is 0 Å². The fraction of sp³-hybridized carbons (Fsp3) is 0.435. The lowest BCUT2D eigenvalue weighted by Crippen LogP contribution is -2.11. The zero-order valence-corrected chi connectivity index (χ0v) is 16.6. The number of benzene rings is 2. The molecule has 0 aliphatic heterocycles. The summed E-state index contributed by atoms with van der Waals surface area (Å²) in [5, 5.41) is 0. The molecule has 1 aliphatic rings. The van der Waals surface area contributed by atoms with E-state index in [4.69, 9.17) is 0 Å². The van der Waals surface area contributed by atoms with Crippen LogP contribution < -0.4 is 0 Å². The largest absolute Gasteiger partial charge is 0.294 e. The van der Waals surface area contributed by atoms with Gasteiger partial charge in [0, 0.05) is 16.0 Å². The minimum absolute atomic E-state index is 0.241. The molecule has 2 unspecified atom stereocenters. The highest BCUT2D eigenvalue weighted by Gasteiger charge is 2.29. The first-order valence-corrected chi connectivity index (χ1v) is 10.4. The average Bonchev–Trinajstić information content (AvgIpc) is 3.11. The Morgan fingerprint density at radius 1 is 0.960 bits per heavy atom. The normalized spacial score (nSPS) is 19.9. The molecule has 1 saturated carbocycles. The molecule has 2 aromatic rings. The molecule has 0 amide bonds. The van der Waals surface area contributed by atoms with E-state index in [2.05, 4.69) is 47.1 Å². The van der Waals surface area contributed by atoms with Crippen molar-refractivity contribution in [2.45, 2.75) is 51.9 Å². The summed E-state index contributed by atoms with van der Waals surface area (Å²) in [6.07, 6.45) is 8.63. The average molecular weight is 399 g/mol. The number of ketones is 1. The molecule has 2 aromatic carbocycles. The second-order valence-electron chi connectivity index (χ2n) is 7.32. The van der Waals surface area contributed by atoms with Gasteiger partial charge < -0.3 is 0 Å². The molecule has 3 rings (SSSR count). The first kappa shape index (κ1) is 18.4. The lowest BCUT2D eigenvalue weighted by atomic mass is 9.92. The molecule has 25 heavy (non-hydrogen) atoms. The number of Topliss-reactive ketones (excluding diaryl/α,β-unsaturated/α-hetero) is 1. The summed E-state index contributed by atoms with van der Waals surface area (Å²) in [5.74, 6) is 1.35. The first-order chi connectivity index (χ1) is 12.2. The van der Waals surface area contributed by atoms with Gasteiger partial charge in [-0.1, -0.05) is 84.9 Å². The molecule has 0 saturated heterocycles. The Balaban J connectivity index is 1.60. The van der Waals surface area contributed by atoms with Crippen molar-refractivity contribution in [2.24, 2.45) is 11.8 Å². The maximum absolute atomic E-state index is 12.8. The van der Waals surface area contributed by atoms with Crippen molar-refractivity contribution < 1.29 is 4.79 Å². The Hall–Kier alpha value is -1.41. The van der Waals surface area contributed by atoms with E-state index in [1.807, 2.05) is 24.3 Å². The van der Waals surface area contributed by atoms with E-state index in [0.717, 1.165) is 34.4 Å². The van der Waals surface area contributed by atoms with Crippen molar-refractivity contribution in [1.82, 2.24) is 0 Å².